The summed E-state index contributed by atoms with van der Waals surface area (Å²) in [5.74, 6) is -0.895. The summed E-state index contributed by atoms with van der Waals surface area (Å²) in [6, 6.07) is 9.46. The van der Waals surface area contributed by atoms with E-state index in [9.17, 15) is 9.59 Å². The molecule has 1 heterocycles. The average molecular weight is 308 g/mol. The van der Waals surface area contributed by atoms with Gasteiger partial charge in [0.15, 0.2) is 5.82 Å². The summed E-state index contributed by atoms with van der Waals surface area (Å²) in [5, 5.41) is 11.5. The van der Waals surface area contributed by atoms with Crippen molar-refractivity contribution < 1.29 is 9.90 Å². The molecule has 0 fully saturated rings. The molecule has 2 aromatic rings. The Balaban J connectivity index is 2.20. The highest BCUT2D eigenvalue weighted by molar-refractivity contribution is 6.29. The molecular formula is C14H14ClN3O3. The second kappa shape index (κ2) is 6.90. The fourth-order valence-electron chi connectivity index (χ4n) is 1.81. The first-order valence-corrected chi connectivity index (χ1v) is 6.70. The van der Waals surface area contributed by atoms with Gasteiger partial charge in [-0.05, 0) is 5.56 Å². The van der Waals surface area contributed by atoms with Gasteiger partial charge in [0.25, 0.3) is 5.56 Å². The fraction of sp³-hybridized carbons (Fsp3) is 0.214. The molecule has 0 aliphatic heterocycles. The molecule has 0 bridgehead atoms. The maximum absolute atomic E-state index is 12.2. The van der Waals surface area contributed by atoms with E-state index >= 15 is 0 Å². The number of carboxylic acid groups (broad SMARTS) is 1. The molecule has 0 atom stereocenters. The number of hydrogen-bond acceptors (Lipinski definition) is 4. The number of anilines is 1. The van der Waals surface area contributed by atoms with Crippen molar-refractivity contribution in [2.45, 2.75) is 13.0 Å². The lowest BCUT2D eigenvalue weighted by atomic mass is 10.2. The van der Waals surface area contributed by atoms with E-state index in [1.165, 1.54) is 10.8 Å². The van der Waals surface area contributed by atoms with Crippen LogP contribution in [0.4, 0.5) is 5.82 Å². The Morgan fingerprint density at radius 3 is 2.71 bits per heavy atom. The van der Waals surface area contributed by atoms with E-state index in [-0.39, 0.29) is 29.5 Å². The molecule has 2 rings (SSSR count). The number of aliphatic carboxylic acids is 1. The molecule has 21 heavy (non-hydrogen) atoms. The van der Waals surface area contributed by atoms with Crippen LogP contribution >= 0.6 is 11.6 Å². The fourth-order valence-corrected chi connectivity index (χ4v) is 2.01. The molecule has 2 N–H and O–H groups in total. The first kappa shape index (κ1) is 15.1. The van der Waals surface area contributed by atoms with Crippen LogP contribution in [0.25, 0.3) is 0 Å². The Kier molecular flexibility index (Phi) is 4.94. The zero-order chi connectivity index (χ0) is 15.2. The van der Waals surface area contributed by atoms with Gasteiger partial charge >= 0.3 is 5.97 Å². The normalized spacial score (nSPS) is 10.3. The summed E-state index contributed by atoms with van der Waals surface area (Å²) in [4.78, 5) is 26.6. The number of carbonyl (C=O) groups is 1. The quantitative estimate of drug-likeness (QED) is 0.850. The topological polar surface area (TPSA) is 84.2 Å². The van der Waals surface area contributed by atoms with Crippen molar-refractivity contribution in [3.63, 3.8) is 0 Å². The van der Waals surface area contributed by atoms with E-state index in [0.29, 0.717) is 6.54 Å². The number of hydrogen-bond donors (Lipinski definition) is 2. The molecule has 6 nitrogen and oxygen atoms in total. The molecular weight excluding hydrogens is 294 g/mol. The van der Waals surface area contributed by atoms with Crippen LogP contribution in [0, 0.1) is 0 Å². The number of nitrogens with one attached hydrogen (secondary N) is 1. The van der Waals surface area contributed by atoms with Crippen molar-refractivity contribution in [1.29, 1.82) is 0 Å². The minimum Gasteiger partial charge on any atom is -0.481 e. The second-order valence-electron chi connectivity index (χ2n) is 4.40. The first-order chi connectivity index (χ1) is 10.1. The number of benzene rings is 1. The number of carboxylic acids is 1. The highest BCUT2D eigenvalue weighted by atomic mass is 35.5. The molecule has 110 valence electrons. The molecule has 0 amide bonds. The molecule has 0 aliphatic carbocycles. The van der Waals surface area contributed by atoms with Gasteiger partial charge in [-0.3, -0.25) is 9.59 Å². The van der Waals surface area contributed by atoms with Crippen molar-refractivity contribution in [3.05, 3.63) is 57.6 Å². The molecule has 0 unspecified atom stereocenters. The third-order valence-corrected chi connectivity index (χ3v) is 2.95. The van der Waals surface area contributed by atoms with Crippen LogP contribution in [0.15, 0.2) is 41.3 Å². The summed E-state index contributed by atoms with van der Waals surface area (Å²) < 4.78 is 1.44. The third-order valence-electron chi connectivity index (χ3n) is 2.77. The van der Waals surface area contributed by atoms with Gasteiger partial charge in [0.2, 0.25) is 0 Å². The minimum atomic E-state index is -0.950. The minimum absolute atomic E-state index is 0.0553. The molecule has 1 aromatic carbocycles. The molecule has 0 spiro atoms. The zero-order valence-electron chi connectivity index (χ0n) is 11.1. The standard InChI is InChI=1S/C14H14ClN3O3/c15-11-9-18(8-10-4-2-1-3-5-10)14(21)13(17-11)16-7-6-12(19)20/h1-5,9H,6-8H2,(H,16,17)(H,19,20). The van der Waals surface area contributed by atoms with Crippen LogP contribution in [0.3, 0.4) is 0 Å². The predicted molar refractivity (Wildman–Crippen MR) is 79.8 cm³/mol. The van der Waals surface area contributed by atoms with Crippen molar-refractivity contribution in [1.82, 2.24) is 9.55 Å². The highest BCUT2D eigenvalue weighted by Crippen LogP contribution is 2.08. The molecule has 0 saturated carbocycles. The SMILES string of the molecule is O=C(O)CCNc1nc(Cl)cn(Cc2ccccc2)c1=O. The Labute approximate surface area is 126 Å². The summed E-state index contributed by atoms with van der Waals surface area (Å²) in [6.45, 7) is 0.485. The summed E-state index contributed by atoms with van der Waals surface area (Å²) >= 11 is 5.90. The van der Waals surface area contributed by atoms with Crippen LogP contribution in [0.1, 0.15) is 12.0 Å². The highest BCUT2D eigenvalue weighted by Gasteiger charge is 2.08. The second-order valence-corrected chi connectivity index (χ2v) is 4.79. The number of rotatable bonds is 6. The first-order valence-electron chi connectivity index (χ1n) is 6.33. The zero-order valence-corrected chi connectivity index (χ0v) is 11.9. The van der Waals surface area contributed by atoms with Gasteiger partial charge in [-0.2, -0.15) is 0 Å². The third kappa shape index (κ3) is 4.32. The van der Waals surface area contributed by atoms with Gasteiger partial charge in [0.05, 0.1) is 13.0 Å². The van der Waals surface area contributed by atoms with Gasteiger partial charge in [-0.1, -0.05) is 41.9 Å². The Morgan fingerprint density at radius 1 is 1.33 bits per heavy atom. The Bertz CT molecular complexity index is 686. The van der Waals surface area contributed by atoms with E-state index in [1.54, 1.807) is 0 Å². The molecule has 0 radical (unpaired) electrons. The average Bonchev–Trinajstić information content (AvgIpc) is 2.44. The van der Waals surface area contributed by atoms with Gasteiger partial charge < -0.3 is 15.0 Å². The van der Waals surface area contributed by atoms with Gasteiger partial charge in [0, 0.05) is 12.7 Å². The van der Waals surface area contributed by atoms with Crippen molar-refractivity contribution in [3.8, 4) is 0 Å². The lowest BCUT2D eigenvalue weighted by Crippen LogP contribution is -2.26. The predicted octanol–water partition coefficient (Wildman–Crippen LogP) is 1.83. The van der Waals surface area contributed by atoms with Crippen molar-refractivity contribution >= 4 is 23.4 Å². The maximum atomic E-state index is 12.2. The van der Waals surface area contributed by atoms with E-state index in [4.69, 9.17) is 16.7 Å². The summed E-state index contributed by atoms with van der Waals surface area (Å²) in [6.07, 6.45) is 1.35. The van der Waals surface area contributed by atoms with E-state index < -0.39 is 5.97 Å². The van der Waals surface area contributed by atoms with Crippen LogP contribution in [0.5, 0.6) is 0 Å². The van der Waals surface area contributed by atoms with Gasteiger partial charge in [0.1, 0.15) is 5.15 Å². The van der Waals surface area contributed by atoms with Crippen molar-refractivity contribution in [2.24, 2.45) is 0 Å². The lowest BCUT2D eigenvalue weighted by molar-refractivity contribution is -0.136. The van der Waals surface area contributed by atoms with Gasteiger partial charge in [-0.25, -0.2) is 4.98 Å². The van der Waals surface area contributed by atoms with E-state index in [2.05, 4.69) is 10.3 Å². The smallest absolute Gasteiger partial charge is 0.305 e. The summed E-state index contributed by atoms with van der Waals surface area (Å²) in [5.41, 5.74) is 0.618. The molecule has 0 aliphatic rings. The van der Waals surface area contributed by atoms with Gasteiger partial charge in [-0.15, -0.1) is 0 Å². The molecule has 1 aromatic heterocycles. The number of aromatic nitrogens is 2. The lowest BCUT2D eigenvalue weighted by Gasteiger charge is -2.09. The Hall–Kier alpha value is -2.34. The Morgan fingerprint density at radius 2 is 2.05 bits per heavy atom. The van der Waals surface area contributed by atoms with E-state index in [1.807, 2.05) is 30.3 Å². The molecule has 7 heteroatoms. The maximum Gasteiger partial charge on any atom is 0.305 e. The van der Waals surface area contributed by atoms with Crippen molar-refractivity contribution in [2.75, 3.05) is 11.9 Å². The monoisotopic (exact) mass is 307 g/mol. The molecule has 0 saturated heterocycles. The largest absolute Gasteiger partial charge is 0.481 e. The van der Waals surface area contributed by atoms with E-state index in [0.717, 1.165) is 5.56 Å². The number of nitrogens with zero attached hydrogens (tertiary/aromatic N) is 2. The number of halogens is 1. The van der Waals surface area contributed by atoms with Crippen LogP contribution in [-0.2, 0) is 11.3 Å². The van der Waals surface area contributed by atoms with Crippen LogP contribution in [0.2, 0.25) is 5.15 Å². The van der Waals surface area contributed by atoms with Crippen LogP contribution < -0.4 is 10.9 Å². The van der Waals surface area contributed by atoms with Crippen LogP contribution in [-0.4, -0.2) is 27.2 Å². The summed E-state index contributed by atoms with van der Waals surface area (Å²) in [7, 11) is 0.